The lowest BCUT2D eigenvalue weighted by atomic mass is 9.79. The first kappa shape index (κ1) is 14.6. The highest BCUT2D eigenvalue weighted by Gasteiger charge is 2.67. The molecule has 5 rings (SSSR count). The number of ether oxygens (including phenoxy) is 3. The first-order valence-corrected chi connectivity index (χ1v) is 9.09. The van der Waals surface area contributed by atoms with Crippen LogP contribution in [-0.4, -0.2) is 31.0 Å². The summed E-state index contributed by atoms with van der Waals surface area (Å²) in [6, 6.07) is 7.42. The van der Waals surface area contributed by atoms with Gasteiger partial charge in [0.1, 0.15) is 11.9 Å². The molecule has 2 bridgehead atoms. The van der Waals surface area contributed by atoms with Gasteiger partial charge in [-0.2, -0.15) is 0 Å². The van der Waals surface area contributed by atoms with Gasteiger partial charge in [-0.3, -0.25) is 5.32 Å². The second-order valence-electron chi connectivity index (χ2n) is 7.54. The fourth-order valence-electron chi connectivity index (χ4n) is 5.52. The first-order valence-electron chi connectivity index (χ1n) is 9.09. The van der Waals surface area contributed by atoms with E-state index < -0.39 is 0 Å². The number of hydrogen-bond acceptors (Lipinski definition) is 4. The van der Waals surface area contributed by atoms with E-state index in [-0.39, 0.29) is 12.2 Å². The van der Waals surface area contributed by atoms with Crippen molar-refractivity contribution in [1.29, 1.82) is 0 Å². The van der Waals surface area contributed by atoms with E-state index in [1.54, 1.807) is 0 Å². The van der Waals surface area contributed by atoms with Crippen LogP contribution < -0.4 is 10.1 Å². The maximum atomic E-state index is 12.3. The van der Waals surface area contributed by atoms with E-state index in [0.29, 0.717) is 42.3 Å². The van der Waals surface area contributed by atoms with Crippen molar-refractivity contribution in [3.63, 3.8) is 0 Å². The fraction of sp³-hybridized carbons (Fsp3) is 0.632. The van der Waals surface area contributed by atoms with Gasteiger partial charge in [0.2, 0.25) is 0 Å². The van der Waals surface area contributed by atoms with Crippen LogP contribution in [0.15, 0.2) is 24.3 Å². The second kappa shape index (κ2) is 5.38. The lowest BCUT2D eigenvalue weighted by molar-refractivity contribution is 0.0251. The van der Waals surface area contributed by atoms with Crippen LogP contribution in [0, 0.1) is 23.7 Å². The molecule has 1 aromatic carbocycles. The first-order chi connectivity index (χ1) is 11.7. The minimum absolute atomic E-state index is 0.0730. The maximum absolute atomic E-state index is 12.3. The molecule has 1 N–H and O–H groups in total. The number of carbonyl (C=O) groups excluding carboxylic acids is 1. The molecule has 7 atom stereocenters. The Morgan fingerprint density at radius 1 is 1.29 bits per heavy atom. The number of epoxide rings is 1. The summed E-state index contributed by atoms with van der Waals surface area (Å²) >= 11 is 0. The molecule has 5 heteroatoms. The van der Waals surface area contributed by atoms with Crippen LogP contribution in [0.4, 0.5) is 10.5 Å². The fourth-order valence-corrected chi connectivity index (χ4v) is 5.52. The predicted molar refractivity (Wildman–Crippen MR) is 88.0 cm³/mol. The van der Waals surface area contributed by atoms with Crippen molar-refractivity contribution in [2.24, 2.45) is 23.7 Å². The highest BCUT2D eigenvalue weighted by Crippen LogP contribution is 2.64. The third kappa shape index (κ3) is 2.29. The summed E-state index contributed by atoms with van der Waals surface area (Å²) in [4.78, 5) is 12.3. The number of amides is 1. The molecule has 0 spiro atoms. The maximum Gasteiger partial charge on any atom is 0.411 e. The Balaban J connectivity index is 1.20. The van der Waals surface area contributed by atoms with E-state index in [4.69, 9.17) is 14.2 Å². The molecular formula is C19H23NO4. The number of nitrogens with one attached hydrogen (secondary N) is 1. The summed E-state index contributed by atoms with van der Waals surface area (Å²) in [5.74, 6) is 3.44. The van der Waals surface area contributed by atoms with Gasteiger partial charge in [0, 0.05) is 11.8 Å². The molecule has 1 saturated heterocycles. The van der Waals surface area contributed by atoms with Gasteiger partial charge in [-0.15, -0.1) is 0 Å². The number of fused-ring (bicyclic) bond motifs is 7. The van der Waals surface area contributed by atoms with E-state index in [9.17, 15) is 4.79 Å². The lowest BCUT2D eigenvalue weighted by Crippen LogP contribution is -2.35. The molecule has 0 aromatic heterocycles. The third-order valence-electron chi connectivity index (χ3n) is 6.33. The number of anilines is 1. The Hall–Kier alpha value is -1.75. The normalized spacial score (nSPS) is 40.8. The van der Waals surface area contributed by atoms with Crippen molar-refractivity contribution < 1.29 is 19.0 Å². The van der Waals surface area contributed by atoms with Crippen molar-refractivity contribution in [1.82, 2.24) is 0 Å². The van der Waals surface area contributed by atoms with Crippen LogP contribution in [0.2, 0.25) is 0 Å². The third-order valence-corrected chi connectivity index (χ3v) is 6.33. The number of benzene rings is 1. The van der Waals surface area contributed by atoms with E-state index in [1.165, 1.54) is 12.8 Å². The molecule has 1 amide bonds. The van der Waals surface area contributed by atoms with Crippen LogP contribution >= 0.6 is 0 Å². The molecule has 1 aromatic rings. The van der Waals surface area contributed by atoms with Gasteiger partial charge in [0.15, 0.2) is 0 Å². The van der Waals surface area contributed by atoms with Gasteiger partial charge in [-0.05, 0) is 62.0 Å². The van der Waals surface area contributed by atoms with E-state index >= 15 is 0 Å². The van der Waals surface area contributed by atoms with Crippen LogP contribution in [-0.2, 0) is 9.47 Å². The van der Waals surface area contributed by atoms with Crippen molar-refractivity contribution in [3.05, 3.63) is 24.3 Å². The number of hydrogen-bond donors (Lipinski definition) is 1. The van der Waals surface area contributed by atoms with Gasteiger partial charge in [0.05, 0.1) is 18.8 Å². The van der Waals surface area contributed by atoms with Crippen LogP contribution in [0.5, 0.6) is 5.75 Å². The molecule has 4 fully saturated rings. The summed E-state index contributed by atoms with van der Waals surface area (Å²) in [6.07, 6.45) is 4.15. The van der Waals surface area contributed by atoms with Crippen molar-refractivity contribution in [2.75, 3.05) is 11.9 Å². The van der Waals surface area contributed by atoms with Crippen molar-refractivity contribution >= 4 is 11.8 Å². The molecule has 128 valence electrons. The Bertz CT molecular complexity index is 663. The highest BCUT2D eigenvalue weighted by molar-refractivity contribution is 5.85. The summed E-state index contributed by atoms with van der Waals surface area (Å²) in [5, 5.41) is 2.84. The largest absolute Gasteiger partial charge is 0.494 e. The number of carbonyl (C=O) groups is 1. The van der Waals surface area contributed by atoms with Crippen molar-refractivity contribution in [3.8, 4) is 5.75 Å². The summed E-state index contributed by atoms with van der Waals surface area (Å²) in [7, 11) is 0. The van der Waals surface area contributed by atoms with E-state index in [1.807, 2.05) is 31.2 Å². The van der Waals surface area contributed by atoms with Crippen LogP contribution in [0.3, 0.4) is 0 Å². The zero-order chi connectivity index (χ0) is 16.3. The van der Waals surface area contributed by atoms with E-state index in [0.717, 1.165) is 18.1 Å². The Morgan fingerprint density at radius 3 is 3.08 bits per heavy atom. The summed E-state index contributed by atoms with van der Waals surface area (Å²) in [6.45, 7) is 2.54. The molecule has 3 saturated carbocycles. The van der Waals surface area contributed by atoms with E-state index in [2.05, 4.69) is 5.32 Å². The minimum Gasteiger partial charge on any atom is -0.494 e. The zero-order valence-corrected chi connectivity index (χ0v) is 13.8. The Kier molecular flexibility index (Phi) is 3.27. The predicted octanol–water partition coefficient (Wildman–Crippen LogP) is 3.45. The minimum atomic E-state index is -0.350. The van der Waals surface area contributed by atoms with Crippen LogP contribution in [0.1, 0.15) is 26.2 Å². The van der Waals surface area contributed by atoms with Gasteiger partial charge >= 0.3 is 6.09 Å². The Labute approximate surface area is 141 Å². The van der Waals surface area contributed by atoms with Crippen molar-refractivity contribution in [2.45, 2.75) is 44.5 Å². The van der Waals surface area contributed by atoms with Gasteiger partial charge < -0.3 is 14.2 Å². The second-order valence-corrected chi connectivity index (χ2v) is 7.54. The molecule has 0 unspecified atom stereocenters. The quantitative estimate of drug-likeness (QED) is 0.860. The monoisotopic (exact) mass is 329 g/mol. The summed E-state index contributed by atoms with van der Waals surface area (Å²) < 4.78 is 16.9. The summed E-state index contributed by atoms with van der Waals surface area (Å²) in [5.41, 5.74) is 0.711. The molecule has 1 aliphatic heterocycles. The zero-order valence-electron chi connectivity index (χ0n) is 13.8. The lowest BCUT2D eigenvalue weighted by Gasteiger charge is -2.32. The molecule has 0 radical (unpaired) electrons. The molecule has 4 aliphatic rings. The molecule has 24 heavy (non-hydrogen) atoms. The molecule has 5 nitrogen and oxygen atoms in total. The average molecular weight is 329 g/mol. The topological polar surface area (TPSA) is 60.1 Å². The smallest absolute Gasteiger partial charge is 0.411 e. The standard InChI is InChI=1S/C19H23NO4/c1-2-22-12-5-3-4-11(8-12)20-19(21)24-15-7-10-6-13(15)14-9-16-18(23-16)17(10)14/h3-5,8,10,13-18H,2,6-7,9H2,1H3,(H,20,21)/t10-,13+,14+,15+,16+,17+,18-/m0/s1. The molecule has 3 aliphatic carbocycles. The average Bonchev–Trinajstić information content (AvgIpc) is 2.92. The van der Waals surface area contributed by atoms with Crippen LogP contribution in [0.25, 0.3) is 0 Å². The SMILES string of the molecule is CCOc1cccc(NC(=O)O[C@@H]2C[C@@H]3C[C@@H]2[C@H]2C[C@H]4O[C@@H]4[C@H]32)c1. The Morgan fingerprint density at radius 2 is 2.21 bits per heavy atom. The molecular weight excluding hydrogens is 306 g/mol. The van der Waals surface area contributed by atoms with Gasteiger partial charge in [0.25, 0.3) is 0 Å². The number of rotatable bonds is 4. The van der Waals surface area contributed by atoms with Gasteiger partial charge in [-0.25, -0.2) is 4.79 Å². The van der Waals surface area contributed by atoms with Gasteiger partial charge in [-0.1, -0.05) is 6.07 Å². The molecule has 1 heterocycles. The highest BCUT2D eigenvalue weighted by atomic mass is 16.6.